The van der Waals surface area contributed by atoms with Crippen LogP contribution in [-0.2, 0) is 14.3 Å². The minimum Gasteiger partial charge on any atom is -0.481 e. The molecule has 1 N–H and O–H groups in total. The molecule has 1 aliphatic rings. The van der Waals surface area contributed by atoms with Gasteiger partial charge in [0, 0.05) is 6.42 Å². The molecule has 6 nitrogen and oxygen atoms in total. The molecule has 1 aliphatic heterocycles. The quantitative estimate of drug-likeness (QED) is 0.807. The van der Waals surface area contributed by atoms with Crippen molar-refractivity contribution in [3.8, 4) is 0 Å². The second kappa shape index (κ2) is 6.69. The first-order chi connectivity index (χ1) is 9.92. The van der Waals surface area contributed by atoms with Crippen LogP contribution in [0.1, 0.15) is 54.4 Å². The highest BCUT2D eigenvalue weighted by molar-refractivity contribution is 5.70. The number of carbonyl (C=O) groups excluding carboxylic acids is 1. The molecule has 1 atom stereocenters. The van der Waals surface area contributed by atoms with Crippen LogP contribution in [-0.4, -0.2) is 46.0 Å². The Morgan fingerprint density at radius 3 is 2.45 bits per heavy atom. The molecule has 0 saturated carbocycles. The molecular formula is C16H27NO5. The number of amides is 1. The molecule has 1 saturated heterocycles. The van der Waals surface area contributed by atoms with Crippen molar-refractivity contribution in [3.63, 3.8) is 0 Å². The summed E-state index contributed by atoms with van der Waals surface area (Å²) in [6.07, 6.45) is 1.99. The van der Waals surface area contributed by atoms with E-state index in [9.17, 15) is 9.59 Å². The summed E-state index contributed by atoms with van der Waals surface area (Å²) >= 11 is 0. The summed E-state index contributed by atoms with van der Waals surface area (Å²) in [5.41, 5.74) is -0.416. The molecule has 6 heteroatoms. The number of allylic oxidation sites excluding steroid dienone is 1. The lowest BCUT2D eigenvalue weighted by Gasteiger charge is -2.34. The van der Waals surface area contributed by atoms with Gasteiger partial charge in [0.25, 0.3) is 0 Å². The zero-order chi connectivity index (χ0) is 17.1. The summed E-state index contributed by atoms with van der Waals surface area (Å²) in [5, 5.41) is 8.74. The number of hydrogen-bond donors (Lipinski definition) is 1. The van der Waals surface area contributed by atoms with Crippen LogP contribution in [0.2, 0.25) is 0 Å². The van der Waals surface area contributed by atoms with Crippen molar-refractivity contribution in [1.29, 1.82) is 0 Å². The van der Waals surface area contributed by atoms with Gasteiger partial charge in [0.2, 0.25) is 0 Å². The van der Waals surface area contributed by atoms with E-state index in [4.69, 9.17) is 14.6 Å². The van der Waals surface area contributed by atoms with Crippen molar-refractivity contribution < 1.29 is 24.2 Å². The number of ether oxygens (including phenoxy) is 2. The van der Waals surface area contributed by atoms with Gasteiger partial charge in [-0.1, -0.05) is 11.6 Å². The predicted octanol–water partition coefficient (Wildman–Crippen LogP) is 3.17. The lowest BCUT2D eigenvalue weighted by atomic mass is 10.1. The Balaban J connectivity index is 2.87. The smallest absolute Gasteiger partial charge is 0.413 e. The Bertz CT molecular complexity index is 462. The second-order valence-corrected chi connectivity index (χ2v) is 7.08. The van der Waals surface area contributed by atoms with Crippen molar-refractivity contribution in [2.75, 3.05) is 6.61 Å². The molecule has 0 aliphatic carbocycles. The minimum absolute atomic E-state index is 0.0751. The van der Waals surface area contributed by atoms with Gasteiger partial charge in [0.05, 0.1) is 12.6 Å². The predicted molar refractivity (Wildman–Crippen MR) is 82.5 cm³/mol. The molecule has 1 amide bonds. The minimum atomic E-state index is -0.834. The van der Waals surface area contributed by atoms with E-state index in [0.29, 0.717) is 13.0 Å². The first-order valence-corrected chi connectivity index (χ1v) is 7.48. The summed E-state index contributed by atoms with van der Waals surface area (Å²) < 4.78 is 11.1. The molecule has 0 aromatic carbocycles. The maximum absolute atomic E-state index is 12.4. The van der Waals surface area contributed by atoms with Crippen molar-refractivity contribution >= 4 is 12.1 Å². The summed E-state index contributed by atoms with van der Waals surface area (Å²) in [4.78, 5) is 24.6. The van der Waals surface area contributed by atoms with E-state index in [1.807, 2.05) is 47.6 Å². The van der Waals surface area contributed by atoms with Gasteiger partial charge in [-0.3, -0.25) is 9.69 Å². The maximum atomic E-state index is 12.4. The Kier molecular flexibility index (Phi) is 5.62. The van der Waals surface area contributed by atoms with Crippen molar-refractivity contribution in [1.82, 2.24) is 4.90 Å². The van der Waals surface area contributed by atoms with Gasteiger partial charge in [0.1, 0.15) is 11.3 Å². The lowest BCUT2D eigenvalue weighted by Crippen LogP contribution is -2.49. The SMILES string of the molecule is CC(=C[C@@H]1COC(C)(C)N1C(=O)OC(C)(C)C)CCC(=O)O. The third-order valence-corrected chi connectivity index (χ3v) is 3.32. The Morgan fingerprint density at radius 1 is 1.36 bits per heavy atom. The maximum Gasteiger partial charge on any atom is 0.413 e. The molecule has 0 radical (unpaired) electrons. The van der Waals surface area contributed by atoms with Crippen molar-refractivity contribution in [2.24, 2.45) is 0 Å². The fourth-order valence-corrected chi connectivity index (χ4v) is 2.34. The molecular weight excluding hydrogens is 286 g/mol. The number of nitrogens with zero attached hydrogens (tertiary/aromatic N) is 1. The summed E-state index contributed by atoms with van der Waals surface area (Å²) in [6, 6.07) is -0.251. The average molecular weight is 313 g/mol. The number of carboxylic acids is 1. The molecule has 0 aromatic rings. The third-order valence-electron chi connectivity index (χ3n) is 3.32. The van der Waals surface area contributed by atoms with Gasteiger partial charge < -0.3 is 14.6 Å². The second-order valence-electron chi connectivity index (χ2n) is 7.08. The molecule has 126 valence electrons. The number of carbonyl (C=O) groups is 2. The molecule has 1 fully saturated rings. The van der Waals surface area contributed by atoms with E-state index in [1.165, 1.54) is 0 Å². The summed E-state index contributed by atoms with van der Waals surface area (Å²) in [7, 11) is 0. The van der Waals surface area contributed by atoms with Gasteiger partial charge in [-0.2, -0.15) is 0 Å². The van der Waals surface area contributed by atoms with Gasteiger partial charge in [-0.15, -0.1) is 0 Å². The number of rotatable bonds is 4. The van der Waals surface area contributed by atoms with E-state index in [2.05, 4.69) is 0 Å². The molecule has 1 heterocycles. The van der Waals surface area contributed by atoms with Crippen molar-refractivity contribution in [3.05, 3.63) is 11.6 Å². The molecule has 22 heavy (non-hydrogen) atoms. The molecule has 0 unspecified atom stereocenters. The van der Waals surface area contributed by atoms with Crippen LogP contribution in [0.5, 0.6) is 0 Å². The van der Waals surface area contributed by atoms with E-state index >= 15 is 0 Å². The first kappa shape index (κ1) is 18.5. The Labute approximate surface area is 132 Å². The number of aliphatic carboxylic acids is 1. The van der Waals surface area contributed by atoms with E-state index < -0.39 is 23.4 Å². The van der Waals surface area contributed by atoms with Crippen LogP contribution in [0.3, 0.4) is 0 Å². The number of carboxylic acid groups (broad SMARTS) is 1. The van der Waals surface area contributed by atoms with Gasteiger partial charge in [0.15, 0.2) is 0 Å². The molecule has 0 spiro atoms. The first-order valence-electron chi connectivity index (χ1n) is 7.48. The normalized spacial score (nSPS) is 21.8. The monoisotopic (exact) mass is 313 g/mol. The fourth-order valence-electron chi connectivity index (χ4n) is 2.34. The summed E-state index contributed by atoms with van der Waals surface area (Å²) in [5.74, 6) is -0.834. The van der Waals surface area contributed by atoms with Crippen LogP contribution in [0.25, 0.3) is 0 Å². The molecule has 0 aromatic heterocycles. The highest BCUT2D eigenvalue weighted by Crippen LogP contribution is 2.30. The van der Waals surface area contributed by atoms with E-state index in [1.54, 1.807) is 4.90 Å². The van der Waals surface area contributed by atoms with Crippen LogP contribution in [0, 0.1) is 0 Å². The average Bonchev–Trinajstić information content (AvgIpc) is 2.59. The van der Waals surface area contributed by atoms with E-state index in [-0.39, 0.29) is 12.5 Å². The molecule has 0 bridgehead atoms. The van der Waals surface area contributed by atoms with Crippen LogP contribution >= 0.6 is 0 Å². The summed E-state index contributed by atoms with van der Waals surface area (Å²) in [6.45, 7) is 11.3. The largest absolute Gasteiger partial charge is 0.481 e. The van der Waals surface area contributed by atoms with Gasteiger partial charge >= 0.3 is 12.1 Å². The highest BCUT2D eigenvalue weighted by Gasteiger charge is 2.44. The Morgan fingerprint density at radius 2 is 1.95 bits per heavy atom. The fraction of sp³-hybridized carbons (Fsp3) is 0.750. The molecule has 1 rings (SSSR count). The zero-order valence-electron chi connectivity index (χ0n) is 14.3. The topological polar surface area (TPSA) is 76.1 Å². The standard InChI is InChI=1S/C16H27NO5/c1-11(7-8-13(18)19)9-12-10-21-16(5,6)17(12)14(20)22-15(2,3)4/h9,12H,7-8,10H2,1-6H3,(H,18,19)/t12-/m1/s1. The zero-order valence-corrected chi connectivity index (χ0v) is 14.3. The van der Waals surface area contributed by atoms with Gasteiger partial charge in [-0.05, 0) is 48.0 Å². The van der Waals surface area contributed by atoms with Crippen LogP contribution in [0.4, 0.5) is 4.79 Å². The van der Waals surface area contributed by atoms with Crippen LogP contribution in [0.15, 0.2) is 11.6 Å². The lowest BCUT2D eigenvalue weighted by molar-refractivity contribution is -0.136. The Hall–Kier alpha value is -1.56. The van der Waals surface area contributed by atoms with Gasteiger partial charge in [-0.25, -0.2) is 4.79 Å². The highest BCUT2D eigenvalue weighted by atomic mass is 16.6. The van der Waals surface area contributed by atoms with Crippen molar-refractivity contribution in [2.45, 2.75) is 71.8 Å². The third kappa shape index (κ3) is 5.33. The number of hydrogen-bond acceptors (Lipinski definition) is 4. The van der Waals surface area contributed by atoms with E-state index in [0.717, 1.165) is 5.57 Å². The van der Waals surface area contributed by atoms with Crippen LogP contribution < -0.4 is 0 Å².